The summed E-state index contributed by atoms with van der Waals surface area (Å²) in [7, 11) is 0. The summed E-state index contributed by atoms with van der Waals surface area (Å²) in [5.41, 5.74) is -0.999. The van der Waals surface area contributed by atoms with E-state index >= 15 is 0 Å². The summed E-state index contributed by atoms with van der Waals surface area (Å²) in [6.45, 7) is 15.6. The zero-order chi connectivity index (χ0) is 11.0. The van der Waals surface area contributed by atoms with Gasteiger partial charge in [-0.25, -0.2) is 0 Å². The van der Waals surface area contributed by atoms with E-state index in [1.807, 2.05) is 27.7 Å². The van der Waals surface area contributed by atoms with Crippen LogP contribution in [0.2, 0.25) is 0 Å². The van der Waals surface area contributed by atoms with Crippen LogP contribution in [0.4, 0.5) is 0 Å². The third-order valence-corrected chi connectivity index (χ3v) is 3.29. The van der Waals surface area contributed by atoms with Gasteiger partial charge in [0.2, 0.25) is 0 Å². The van der Waals surface area contributed by atoms with Crippen molar-refractivity contribution in [2.45, 2.75) is 51.1 Å². The normalized spacial score (nSPS) is 45.3. The van der Waals surface area contributed by atoms with Gasteiger partial charge in [0.05, 0.1) is 12.2 Å². The molecule has 0 aromatic carbocycles. The molecule has 2 nitrogen and oxygen atoms in total. The Balaban J connectivity index is 0.00000196. The topological polar surface area (TPSA) is 18.5 Å². The number of rotatable bonds is 2. The van der Waals surface area contributed by atoms with Crippen molar-refractivity contribution in [1.29, 1.82) is 0 Å². The molecule has 4 unspecified atom stereocenters. The first-order chi connectivity index (χ1) is 6.38. The summed E-state index contributed by atoms with van der Waals surface area (Å²) in [5, 5.41) is 0. The first-order valence-electron chi connectivity index (χ1n) is 5.01. The van der Waals surface area contributed by atoms with Gasteiger partial charge < -0.3 is 9.47 Å². The molecule has 0 amide bonds. The summed E-state index contributed by atoms with van der Waals surface area (Å²) >= 11 is 0. The maximum Gasteiger partial charge on any atom is 0.116 e. The number of hydrogen-bond donors (Lipinski definition) is 0. The number of ether oxygens (including phenoxy) is 2. The van der Waals surface area contributed by atoms with E-state index in [0.29, 0.717) is 0 Å². The van der Waals surface area contributed by atoms with Crippen molar-refractivity contribution in [3.8, 4) is 0 Å². The summed E-state index contributed by atoms with van der Waals surface area (Å²) in [6.07, 6.45) is 3.73. The van der Waals surface area contributed by atoms with Crippen LogP contribution in [0.1, 0.15) is 27.7 Å². The average molecular weight is 391 g/mol. The van der Waals surface area contributed by atoms with Crippen molar-refractivity contribution in [3.05, 3.63) is 25.3 Å². The van der Waals surface area contributed by atoms with Crippen LogP contribution in [0.5, 0.6) is 0 Å². The van der Waals surface area contributed by atoms with Gasteiger partial charge in [0.1, 0.15) is 11.2 Å². The summed E-state index contributed by atoms with van der Waals surface area (Å²) in [5.74, 6) is 0. The van der Waals surface area contributed by atoms with Gasteiger partial charge in [-0.2, -0.15) is 0 Å². The van der Waals surface area contributed by atoms with E-state index in [4.69, 9.17) is 9.47 Å². The van der Waals surface area contributed by atoms with Crippen LogP contribution in [0.15, 0.2) is 25.3 Å². The van der Waals surface area contributed by atoms with Gasteiger partial charge in [0.15, 0.2) is 0 Å². The van der Waals surface area contributed by atoms with Gasteiger partial charge in [0, 0.05) is 21.1 Å². The third kappa shape index (κ3) is 2.43. The molecule has 0 radical (unpaired) electrons. The van der Waals surface area contributed by atoms with Crippen LogP contribution in [0.25, 0.3) is 0 Å². The Morgan fingerprint density at radius 2 is 1.20 bits per heavy atom. The van der Waals surface area contributed by atoms with E-state index in [0.717, 1.165) is 0 Å². The van der Waals surface area contributed by atoms with Gasteiger partial charge in [-0.15, -0.1) is 13.2 Å². The van der Waals surface area contributed by atoms with Crippen LogP contribution in [0, 0.1) is 0 Å². The molecule has 1 fully saturated rings. The average Bonchev–Trinajstić information content (AvgIpc) is 2.15. The van der Waals surface area contributed by atoms with Crippen molar-refractivity contribution in [1.82, 2.24) is 0 Å². The summed E-state index contributed by atoms with van der Waals surface area (Å²) in [6, 6.07) is 0. The van der Waals surface area contributed by atoms with Gasteiger partial charge in [-0.1, -0.05) is 12.2 Å². The minimum atomic E-state index is -0.499. The molecule has 1 aliphatic heterocycles. The largest absolute Gasteiger partial charge is 0.362 e. The molecule has 0 aromatic heterocycles. The van der Waals surface area contributed by atoms with E-state index in [9.17, 15) is 0 Å². The van der Waals surface area contributed by atoms with Gasteiger partial charge in [-0.3, -0.25) is 0 Å². The second-order valence-electron chi connectivity index (χ2n) is 4.27. The van der Waals surface area contributed by atoms with Crippen molar-refractivity contribution < 1.29 is 30.5 Å². The Morgan fingerprint density at radius 1 is 0.933 bits per heavy atom. The molecular formula is C12H20O2Pt. The smallest absolute Gasteiger partial charge is 0.116 e. The number of hydrogen-bond acceptors (Lipinski definition) is 2. The van der Waals surface area contributed by atoms with E-state index in [1.54, 1.807) is 12.2 Å². The van der Waals surface area contributed by atoms with Crippen molar-refractivity contribution >= 4 is 0 Å². The van der Waals surface area contributed by atoms with E-state index in [1.165, 1.54) is 0 Å². The van der Waals surface area contributed by atoms with Crippen LogP contribution in [-0.2, 0) is 30.5 Å². The molecule has 4 atom stereocenters. The minimum Gasteiger partial charge on any atom is -0.362 e. The fraction of sp³-hybridized carbons (Fsp3) is 0.667. The van der Waals surface area contributed by atoms with Crippen molar-refractivity contribution in [2.24, 2.45) is 0 Å². The molecule has 0 N–H and O–H groups in total. The molecule has 1 aliphatic rings. The predicted molar refractivity (Wildman–Crippen MR) is 58.3 cm³/mol. The van der Waals surface area contributed by atoms with Crippen LogP contribution < -0.4 is 0 Å². The Bertz CT molecular complexity index is 228. The van der Waals surface area contributed by atoms with E-state index < -0.39 is 11.2 Å². The molecule has 90 valence electrons. The summed E-state index contributed by atoms with van der Waals surface area (Å²) in [4.78, 5) is 0. The molecule has 3 heteroatoms. The van der Waals surface area contributed by atoms with Gasteiger partial charge in [-0.05, 0) is 27.7 Å². The zero-order valence-corrected chi connectivity index (χ0v) is 12.1. The SMILES string of the molecule is C=CC1(C)OC(C)C(C)OC1(C)C=C.[Pt]. The van der Waals surface area contributed by atoms with Crippen LogP contribution >= 0.6 is 0 Å². The van der Waals surface area contributed by atoms with Gasteiger partial charge in [0.25, 0.3) is 0 Å². The minimum absolute atomic E-state index is 0. The zero-order valence-electron chi connectivity index (χ0n) is 9.86. The van der Waals surface area contributed by atoms with E-state index in [-0.39, 0.29) is 33.3 Å². The van der Waals surface area contributed by atoms with Gasteiger partial charge >= 0.3 is 0 Å². The molecule has 0 spiro atoms. The Kier molecular flexibility index (Phi) is 4.98. The molecule has 1 heterocycles. The molecule has 0 saturated carbocycles. The van der Waals surface area contributed by atoms with Crippen LogP contribution in [0.3, 0.4) is 0 Å². The Morgan fingerprint density at radius 3 is 1.40 bits per heavy atom. The Hall–Kier alpha value is 0.0883. The first kappa shape index (κ1) is 15.1. The first-order valence-corrected chi connectivity index (χ1v) is 5.01. The molecule has 15 heavy (non-hydrogen) atoms. The fourth-order valence-electron chi connectivity index (χ4n) is 1.70. The van der Waals surface area contributed by atoms with E-state index in [2.05, 4.69) is 13.2 Å². The quantitative estimate of drug-likeness (QED) is 0.674. The van der Waals surface area contributed by atoms with Crippen LogP contribution in [-0.4, -0.2) is 23.4 Å². The summed E-state index contributed by atoms with van der Waals surface area (Å²) < 4.78 is 11.9. The van der Waals surface area contributed by atoms with Crippen molar-refractivity contribution in [3.63, 3.8) is 0 Å². The second kappa shape index (κ2) is 4.95. The maximum absolute atomic E-state index is 5.93. The molecule has 0 aliphatic carbocycles. The van der Waals surface area contributed by atoms with Crippen molar-refractivity contribution in [2.75, 3.05) is 0 Å². The maximum atomic E-state index is 5.93. The molecular weight excluding hydrogens is 371 g/mol. The monoisotopic (exact) mass is 391 g/mol. The Labute approximate surface area is 107 Å². The molecule has 1 rings (SSSR count). The molecule has 1 saturated heterocycles. The molecule has 0 bridgehead atoms. The third-order valence-electron chi connectivity index (χ3n) is 3.29. The second-order valence-corrected chi connectivity index (χ2v) is 4.27. The standard InChI is InChI=1S/C12H20O2.Pt/c1-7-11(5)12(6,8-2)14-10(4)9(3)13-11;/h7-10H,1-2H2,3-6H3;. The fourth-order valence-corrected chi connectivity index (χ4v) is 1.70. The molecule has 0 aromatic rings. The predicted octanol–water partition coefficient (Wildman–Crippen LogP) is 2.70.